The van der Waals surface area contributed by atoms with Crippen molar-refractivity contribution in [2.75, 3.05) is 5.32 Å². The second kappa shape index (κ2) is 9.52. The Bertz CT molecular complexity index is 1170. The van der Waals surface area contributed by atoms with Gasteiger partial charge in [0.05, 0.1) is 17.9 Å². The maximum absolute atomic E-state index is 13.5. The molecule has 0 spiro atoms. The molecule has 4 atom stereocenters. The molecule has 1 unspecified atom stereocenters. The highest BCUT2D eigenvalue weighted by Gasteiger charge is 2.52. The van der Waals surface area contributed by atoms with Gasteiger partial charge >= 0.3 is 12.2 Å². The largest absolute Gasteiger partial charge is 0.443 e. The maximum Gasteiger partial charge on any atom is 0.420 e. The molecular weight excluding hydrogens is 523 g/mol. The third kappa shape index (κ3) is 5.29. The quantitative estimate of drug-likeness (QED) is 0.520. The molecule has 2 aromatic heterocycles. The predicted octanol–water partition coefficient (Wildman–Crippen LogP) is 5.27. The average Bonchev–Trinajstić information content (AvgIpc) is 3.11. The van der Waals surface area contributed by atoms with E-state index < -0.39 is 41.7 Å². The van der Waals surface area contributed by atoms with Crippen LogP contribution in [-0.4, -0.2) is 50.7 Å². The predicted molar refractivity (Wildman–Crippen MR) is 127 cm³/mol. The fraction of sp³-hybridized carbons (Fsp3) is 0.458. The first-order valence-corrected chi connectivity index (χ1v) is 12.0. The Balaban J connectivity index is 1.58. The van der Waals surface area contributed by atoms with Gasteiger partial charge in [0.1, 0.15) is 22.0 Å². The van der Waals surface area contributed by atoms with Crippen LogP contribution in [0.2, 0.25) is 0 Å². The number of amides is 3. The van der Waals surface area contributed by atoms with Gasteiger partial charge in [0, 0.05) is 6.20 Å². The summed E-state index contributed by atoms with van der Waals surface area (Å²) in [6, 6.07) is 3.74. The van der Waals surface area contributed by atoms with E-state index in [1.807, 2.05) is 6.92 Å². The highest BCUT2D eigenvalue weighted by atomic mass is 79.9. The lowest BCUT2D eigenvalue weighted by Gasteiger charge is -2.37. The minimum atomic E-state index is -0.763. The molecule has 1 N–H and O–H groups in total. The summed E-state index contributed by atoms with van der Waals surface area (Å²) in [6.45, 7) is 7.17. The highest BCUT2D eigenvalue weighted by Crippen LogP contribution is 2.44. The first-order chi connectivity index (χ1) is 16.4. The molecule has 186 valence electrons. The molecule has 9 nitrogen and oxygen atoms in total. The Morgan fingerprint density at radius 2 is 2.00 bits per heavy atom. The van der Waals surface area contributed by atoms with Crippen LogP contribution in [0.3, 0.4) is 0 Å². The third-order valence-corrected chi connectivity index (χ3v) is 6.61. The van der Waals surface area contributed by atoms with Gasteiger partial charge in [-0.25, -0.2) is 23.9 Å². The zero-order valence-corrected chi connectivity index (χ0v) is 21.3. The van der Waals surface area contributed by atoms with Gasteiger partial charge in [-0.1, -0.05) is 6.92 Å². The Labute approximate surface area is 210 Å². The van der Waals surface area contributed by atoms with Gasteiger partial charge in [-0.3, -0.25) is 9.78 Å². The summed E-state index contributed by atoms with van der Waals surface area (Å²) in [5, 5.41) is 2.81. The van der Waals surface area contributed by atoms with Crippen LogP contribution in [0, 0.1) is 11.7 Å². The number of imide groups is 1. The van der Waals surface area contributed by atoms with Crippen LogP contribution in [0.4, 0.5) is 19.7 Å². The molecule has 2 aromatic rings. The number of rotatable bonds is 3. The number of nitrogens with zero attached hydrogens (tertiary/aromatic N) is 3. The first kappa shape index (κ1) is 25.0. The van der Waals surface area contributed by atoms with Crippen LogP contribution in [0.25, 0.3) is 0 Å². The van der Waals surface area contributed by atoms with E-state index >= 15 is 0 Å². The Hall–Kier alpha value is -3.08. The van der Waals surface area contributed by atoms with E-state index in [2.05, 4.69) is 31.2 Å². The number of carbonyl (C=O) groups is 3. The van der Waals surface area contributed by atoms with Gasteiger partial charge in [-0.2, -0.15) is 0 Å². The van der Waals surface area contributed by atoms with Crippen molar-refractivity contribution in [3.05, 3.63) is 52.3 Å². The van der Waals surface area contributed by atoms with Crippen LogP contribution in [0.15, 0.2) is 35.2 Å². The Kier molecular flexibility index (Phi) is 6.81. The Morgan fingerprint density at radius 1 is 1.26 bits per heavy atom. The van der Waals surface area contributed by atoms with E-state index in [4.69, 9.17) is 9.47 Å². The molecule has 0 aromatic carbocycles. The summed E-state index contributed by atoms with van der Waals surface area (Å²) in [5.41, 5.74) is 0.560. The molecule has 11 heteroatoms. The van der Waals surface area contributed by atoms with Crippen molar-refractivity contribution in [3.63, 3.8) is 0 Å². The Morgan fingerprint density at radius 3 is 2.69 bits per heavy atom. The molecule has 4 rings (SSSR count). The lowest BCUT2D eigenvalue weighted by Crippen LogP contribution is -2.48. The van der Waals surface area contributed by atoms with Crippen molar-refractivity contribution < 1.29 is 28.2 Å². The highest BCUT2D eigenvalue weighted by molar-refractivity contribution is 9.10. The van der Waals surface area contributed by atoms with Crippen molar-refractivity contribution >= 4 is 39.7 Å². The number of aromatic nitrogens is 2. The molecule has 3 amide bonds. The minimum Gasteiger partial charge on any atom is -0.443 e. The zero-order valence-electron chi connectivity index (χ0n) is 19.7. The van der Waals surface area contributed by atoms with Crippen LogP contribution >= 0.6 is 15.9 Å². The summed E-state index contributed by atoms with van der Waals surface area (Å²) < 4.78 is 24.5. The van der Waals surface area contributed by atoms with E-state index in [1.54, 1.807) is 33.0 Å². The molecule has 1 saturated heterocycles. The second-order valence-electron chi connectivity index (χ2n) is 9.80. The number of halogens is 2. The molecular formula is C24H26BrFN4O5. The van der Waals surface area contributed by atoms with E-state index in [0.29, 0.717) is 18.5 Å². The number of nitrogens with one attached hydrogen (secondary N) is 1. The molecule has 2 fully saturated rings. The molecule has 2 aliphatic rings. The van der Waals surface area contributed by atoms with Crippen molar-refractivity contribution in [1.82, 2.24) is 14.9 Å². The lowest BCUT2D eigenvalue weighted by molar-refractivity contribution is 0.0233. The lowest BCUT2D eigenvalue weighted by atomic mass is 9.74. The van der Waals surface area contributed by atoms with Gasteiger partial charge in [0.15, 0.2) is 5.82 Å². The first-order valence-electron chi connectivity index (χ1n) is 11.2. The van der Waals surface area contributed by atoms with Gasteiger partial charge in [-0.05, 0) is 85.1 Å². The van der Waals surface area contributed by atoms with Gasteiger partial charge in [0.25, 0.3) is 5.91 Å². The van der Waals surface area contributed by atoms with E-state index in [1.165, 1.54) is 12.3 Å². The summed E-state index contributed by atoms with van der Waals surface area (Å²) in [6.07, 6.45) is 2.38. The number of anilines is 1. The summed E-state index contributed by atoms with van der Waals surface area (Å²) in [5.74, 6) is -1.23. The van der Waals surface area contributed by atoms with Crippen molar-refractivity contribution in [2.45, 2.75) is 64.2 Å². The molecule has 1 aliphatic carbocycles. The number of ether oxygens (including phenoxy) is 2. The normalized spacial score (nSPS) is 23.9. The van der Waals surface area contributed by atoms with Crippen molar-refractivity contribution in [1.29, 1.82) is 0 Å². The fourth-order valence-corrected chi connectivity index (χ4v) is 4.93. The smallest absolute Gasteiger partial charge is 0.420 e. The zero-order chi connectivity index (χ0) is 25.5. The number of pyridine rings is 2. The fourth-order valence-electron chi connectivity index (χ4n) is 4.61. The SMILES string of the molecule is C[C@H]1CC(c2ccncc2NC(=O)c2ccc(F)c(Br)n2)C[C@@H]2[C@H]1OC(=O)N2C(=O)OC(C)(C)C. The molecule has 0 bridgehead atoms. The monoisotopic (exact) mass is 548 g/mol. The van der Waals surface area contributed by atoms with Gasteiger partial charge < -0.3 is 14.8 Å². The summed E-state index contributed by atoms with van der Waals surface area (Å²) in [7, 11) is 0. The van der Waals surface area contributed by atoms with Crippen LogP contribution in [-0.2, 0) is 9.47 Å². The van der Waals surface area contributed by atoms with Crippen LogP contribution in [0.1, 0.15) is 62.5 Å². The molecule has 1 aliphatic heterocycles. The van der Waals surface area contributed by atoms with E-state index in [9.17, 15) is 18.8 Å². The number of carbonyl (C=O) groups excluding carboxylic acids is 3. The topological polar surface area (TPSA) is 111 Å². The number of hydrogen-bond acceptors (Lipinski definition) is 7. The average molecular weight is 549 g/mol. The standard InChI is InChI=1S/C24H26BrFN4O5/c1-12-9-13(10-18-19(12)34-22(32)30(18)23(33)35-24(2,3)4)14-7-8-27-11-17(14)29-21(31)16-6-5-15(26)20(25)28-16/h5-8,11-13,18-19H,9-10H2,1-4H3,(H,29,31)/t12-,13?,18+,19-/m0/s1. The minimum absolute atomic E-state index is 0.0380. The van der Waals surface area contributed by atoms with Crippen molar-refractivity contribution in [3.8, 4) is 0 Å². The second-order valence-corrected chi connectivity index (χ2v) is 10.5. The van der Waals surface area contributed by atoms with Gasteiger partial charge in [-0.15, -0.1) is 0 Å². The maximum atomic E-state index is 13.5. The van der Waals surface area contributed by atoms with Crippen LogP contribution < -0.4 is 5.32 Å². The molecule has 0 radical (unpaired) electrons. The van der Waals surface area contributed by atoms with Crippen LogP contribution in [0.5, 0.6) is 0 Å². The van der Waals surface area contributed by atoms with Gasteiger partial charge in [0.2, 0.25) is 0 Å². The summed E-state index contributed by atoms with van der Waals surface area (Å²) >= 11 is 2.99. The summed E-state index contributed by atoms with van der Waals surface area (Å²) in [4.78, 5) is 47.3. The number of fused-ring (bicyclic) bond motifs is 1. The molecule has 35 heavy (non-hydrogen) atoms. The van der Waals surface area contributed by atoms with E-state index in [-0.39, 0.29) is 22.1 Å². The third-order valence-electron chi connectivity index (χ3n) is 6.06. The molecule has 1 saturated carbocycles. The van der Waals surface area contributed by atoms with E-state index in [0.717, 1.165) is 16.5 Å². The number of hydrogen-bond donors (Lipinski definition) is 1. The molecule has 3 heterocycles. The van der Waals surface area contributed by atoms with Crippen molar-refractivity contribution in [2.24, 2.45) is 5.92 Å².